The Bertz CT molecular complexity index is 236. The molecule has 1 saturated carbocycles. The van der Waals surface area contributed by atoms with Gasteiger partial charge in [0.2, 0.25) is 5.91 Å². The molecule has 0 atom stereocenters. The third kappa shape index (κ3) is 2.73. The van der Waals surface area contributed by atoms with Crippen molar-refractivity contribution in [1.29, 1.82) is 5.26 Å². The maximum Gasteiger partial charge on any atom is 0.219 e. The Labute approximate surface area is 85.7 Å². The first-order valence-corrected chi connectivity index (χ1v) is 5.25. The van der Waals surface area contributed by atoms with E-state index in [0.717, 1.165) is 25.7 Å². The van der Waals surface area contributed by atoms with Crippen molar-refractivity contribution in [1.82, 2.24) is 4.90 Å². The Morgan fingerprint density at radius 3 is 2.43 bits per heavy atom. The SMILES string of the molecule is CC(=O)N(C)C1CCC(CC#N)CC1. The van der Waals surface area contributed by atoms with Crippen molar-refractivity contribution in [2.24, 2.45) is 5.92 Å². The van der Waals surface area contributed by atoms with E-state index in [1.165, 1.54) is 0 Å². The van der Waals surface area contributed by atoms with Crippen LogP contribution in [0.5, 0.6) is 0 Å². The maximum absolute atomic E-state index is 11.1. The highest BCUT2D eigenvalue weighted by Gasteiger charge is 2.24. The van der Waals surface area contributed by atoms with E-state index in [0.29, 0.717) is 18.4 Å². The van der Waals surface area contributed by atoms with E-state index >= 15 is 0 Å². The molecule has 0 aromatic heterocycles. The molecule has 3 nitrogen and oxygen atoms in total. The van der Waals surface area contributed by atoms with Gasteiger partial charge in [0, 0.05) is 26.4 Å². The lowest BCUT2D eigenvalue weighted by molar-refractivity contribution is -0.130. The molecular weight excluding hydrogens is 176 g/mol. The molecule has 0 bridgehead atoms. The lowest BCUT2D eigenvalue weighted by Gasteiger charge is -2.33. The highest BCUT2D eigenvalue weighted by atomic mass is 16.2. The molecular formula is C11H18N2O. The van der Waals surface area contributed by atoms with Crippen molar-refractivity contribution in [2.75, 3.05) is 7.05 Å². The second-order valence-corrected chi connectivity index (χ2v) is 4.17. The molecule has 1 aliphatic carbocycles. The van der Waals surface area contributed by atoms with Gasteiger partial charge in [0.25, 0.3) is 0 Å². The molecule has 1 amide bonds. The lowest BCUT2D eigenvalue weighted by atomic mass is 9.84. The first kappa shape index (κ1) is 11.0. The Hall–Kier alpha value is -1.04. The van der Waals surface area contributed by atoms with Gasteiger partial charge in [-0.25, -0.2) is 0 Å². The highest BCUT2D eigenvalue weighted by Crippen LogP contribution is 2.28. The van der Waals surface area contributed by atoms with E-state index in [-0.39, 0.29) is 5.91 Å². The zero-order valence-electron chi connectivity index (χ0n) is 8.99. The zero-order chi connectivity index (χ0) is 10.6. The molecule has 0 saturated heterocycles. The van der Waals surface area contributed by atoms with E-state index < -0.39 is 0 Å². The molecule has 1 aliphatic rings. The first-order valence-electron chi connectivity index (χ1n) is 5.25. The number of carbonyl (C=O) groups excluding carboxylic acids is 1. The van der Waals surface area contributed by atoms with Crippen molar-refractivity contribution in [3.63, 3.8) is 0 Å². The summed E-state index contributed by atoms with van der Waals surface area (Å²) in [6.07, 6.45) is 4.98. The van der Waals surface area contributed by atoms with Crippen molar-refractivity contribution >= 4 is 5.91 Å². The molecule has 0 aliphatic heterocycles. The third-order valence-electron chi connectivity index (χ3n) is 3.24. The smallest absolute Gasteiger partial charge is 0.219 e. The number of rotatable bonds is 2. The number of hydrogen-bond acceptors (Lipinski definition) is 2. The second kappa shape index (κ2) is 4.99. The summed E-state index contributed by atoms with van der Waals surface area (Å²) in [6, 6.07) is 2.63. The van der Waals surface area contributed by atoms with E-state index in [9.17, 15) is 4.79 Å². The summed E-state index contributed by atoms with van der Waals surface area (Å²) >= 11 is 0. The van der Waals surface area contributed by atoms with E-state index in [4.69, 9.17) is 5.26 Å². The lowest BCUT2D eigenvalue weighted by Crippen LogP contribution is -2.38. The van der Waals surface area contributed by atoms with Crippen LogP contribution in [0.1, 0.15) is 39.0 Å². The van der Waals surface area contributed by atoms with Crippen LogP contribution in [-0.2, 0) is 4.79 Å². The minimum atomic E-state index is 0.147. The first-order chi connectivity index (χ1) is 6.65. The van der Waals surface area contributed by atoms with Crippen LogP contribution in [0.2, 0.25) is 0 Å². The molecule has 0 radical (unpaired) electrons. The van der Waals surface area contributed by atoms with Gasteiger partial charge in [-0.2, -0.15) is 5.26 Å². The van der Waals surface area contributed by atoms with Gasteiger partial charge < -0.3 is 4.90 Å². The minimum absolute atomic E-state index is 0.147. The maximum atomic E-state index is 11.1. The summed E-state index contributed by atoms with van der Waals surface area (Å²) in [6.45, 7) is 1.61. The fourth-order valence-electron chi connectivity index (χ4n) is 2.12. The van der Waals surface area contributed by atoms with Crippen molar-refractivity contribution in [2.45, 2.75) is 45.1 Å². The van der Waals surface area contributed by atoms with Gasteiger partial charge >= 0.3 is 0 Å². The Balaban J connectivity index is 2.36. The molecule has 0 aromatic carbocycles. The van der Waals surface area contributed by atoms with Gasteiger partial charge in [-0.15, -0.1) is 0 Å². The molecule has 0 aromatic rings. The van der Waals surface area contributed by atoms with E-state index in [2.05, 4.69) is 6.07 Å². The zero-order valence-corrected chi connectivity index (χ0v) is 8.99. The predicted octanol–water partition coefficient (Wildman–Crippen LogP) is 1.94. The molecule has 0 N–H and O–H groups in total. The van der Waals surface area contributed by atoms with Crippen molar-refractivity contribution in [3.8, 4) is 6.07 Å². The van der Waals surface area contributed by atoms with Gasteiger partial charge in [0.15, 0.2) is 0 Å². The summed E-state index contributed by atoms with van der Waals surface area (Å²) < 4.78 is 0. The highest BCUT2D eigenvalue weighted by molar-refractivity contribution is 5.73. The Morgan fingerprint density at radius 2 is 2.00 bits per heavy atom. The van der Waals surface area contributed by atoms with Crippen LogP contribution >= 0.6 is 0 Å². The number of amides is 1. The Kier molecular flexibility index (Phi) is 3.94. The van der Waals surface area contributed by atoms with E-state index in [1.54, 1.807) is 6.92 Å². The van der Waals surface area contributed by atoms with Gasteiger partial charge in [-0.1, -0.05) is 0 Å². The third-order valence-corrected chi connectivity index (χ3v) is 3.24. The van der Waals surface area contributed by atoms with Crippen LogP contribution in [0.25, 0.3) is 0 Å². The van der Waals surface area contributed by atoms with Crippen LogP contribution in [0.4, 0.5) is 0 Å². The molecule has 1 fully saturated rings. The summed E-state index contributed by atoms with van der Waals surface area (Å²) in [5.41, 5.74) is 0. The van der Waals surface area contributed by atoms with Crippen molar-refractivity contribution in [3.05, 3.63) is 0 Å². The number of carbonyl (C=O) groups is 1. The quantitative estimate of drug-likeness (QED) is 0.674. The molecule has 78 valence electrons. The summed E-state index contributed by atoms with van der Waals surface area (Å²) in [5, 5.41) is 8.57. The van der Waals surface area contributed by atoms with Crippen LogP contribution in [-0.4, -0.2) is 23.9 Å². The fraction of sp³-hybridized carbons (Fsp3) is 0.818. The van der Waals surface area contributed by atoms with Crippen LogP contribution in [0.3, 0.4) is 0 Å². The fourth-order valence-corrected chi connectivity index (χ4v) is 2.12. The molecule has 0 spiro atoms. The molecule has 1 rings (SSSR count). The van der Waals surface area contributed by atoms with Gasteiger partial charge in [0.05, 0.1) is 6.07 Å². The molecule has 14 heavy (non-hydrogen) atoms. The van der Waals surface area contributed by atoms with Crippen LogP contribution in [0.15, 0.2) is 0 Å². The second-order valence-electron chi connectivity index (χ2n) is 4.17. The average Bonchev–Trinajstić information content (AvgIpc) is 2.18. The largest absolute Gasteiger partial charge is 0.343 e. The topological polar surface area (TPSA) is 44.1 Å². The van der Waals surface area contributed by atoms with Crippen LogP contribution in [0, 0.1) is 17.2 Å². The van der Waals surface area contributed by atoms with Crippen molar-refractivity contribution < 1.29 is 4.79 Å². The van der Waals surface area contributed by atoms with Gasteiger partial charge in [0.1, 0.15) is 0 Å². The summed E-state index contributed by atoms with van der Waals surface area (Å²) in [7, 11) is 1.87. The number of nitriles is 1. The minimum Gasteiger partial charge on any atom is -0.343 e. The molecule has 0 heterocycles. The average molecular weight is 194 g/mol. The Morgan fingerprint density at radius 1 is 1.43 bits per heavy atom. The molecule has 0 unspecified atom stereocenters. The predicted molar refractivity (Wildman–Crippen MR) is 54.4 cm³/mol. The number of hydrogen-bond donors (Lipinski definition) is 0. The number of nitrogens with zero attached hydrogens (tertiary/aromatic N) is 2. The standard InChI is InChI=1S/C11H18N2O/c1-9(14)13(2)11-5-3-10(4-6-11)7-8-12/h10-11H,3-7H2,1-2H3. The molecule has 3 heteroatoms. The summed E-state index contributed by atoms with van der Waals surface area (Å²) in [4.78, 5) is 13.0. The summed E-state index contributed by atoms with van der Waals surface area (Å²) in [5.74, 6) is 0.713. The monoisotopic (exact) mass is 194 g/mol. The van der Waals surface area contributed by atoms with E-state index in [1.807, 2.05) is 11.9 Å². The van der Waals surface area contributed by atoms with Crippen LogP contribution < -0.4 is 0 Å². The van der Waals surface area contributed by atoms with Gasteiger partial charge in [-0.05, 0) is 31.6 Å². The van der Waals surface area contributed by atoms with Gasteiger partial charge in [-0.3, -0.25) is 4.79 Å². The normalized spacial score (nSPS) is 26.6.